The molecule has 0 saturated heterocycles. The summed E-state index contributed by atoms with van der Waals surface area (Å²) in [6.45, 7) is 6.86. The Labute approximate surface area is 310 Å². The predicted molar refractivity (Wildman–Crippen MR) is 223 cm³/mol. The van der Waals surface area contributed by atoms with Crippen molar-refractivity contribution in [3.63, 3.8) is 0 Å². The first-order chi connectivity index (χ1) is 25.8. The molecular weight excluding hydrogens is 645 g/mol. The largest absolute Gasteiger partial charge is 0.309 e. The Kier molecular flexibility index (Phi) is 7.78. The summed E-state index contributed by atoms with van der Waals surface area (Å²) >= 11 is 0. The zero-order valence-corrected chi connectivity index (χ0v) is 30.2. The highest BCUT2D eigenvalue weighted by atomic mass is 15.0. The summed E-state index contributed by atoms with van der Waals surface area (Å²) in [4.78, 5) is 9.79. The highest BCUT2D eigenvalue weighted by Crippen LogP contribution is 2.53. The molecule has 256 valence electrons. The number of amidine groups is 2. The molecule has 6 aromatic carbocycles. The molecule has 2 aliphatic carbocycles. The smallest absolute Gasteiger partial charge is 0.161 e. The van der Waals surface area contributed by atoms with Crippen LogP contribution in [-0.2, 0) is 5.41 Å². The van der Waals surface area contributed by atoms with Gasteiger partial charge >= 0.3 is 0 Å². The SMILES string of the molecule is CC1(/C=N/C(=N\C(=N)c2cccc(-n3c4ccc(-c5ccccc5)cc4c4ccc5c(c43)C(C)(C)c3ccccc3-5)c2)c2ccccc2)C=CC=CC1. The van der Waals surface area contributed by atoms with Gasteiger partial charge in [0.15, 0.2) is 11.7 Å². The number of fused-ring (bicyclic) bond motifs is 7. The van der Waals surface area contributed by atoms with Crippen LogP contribution >= 0.6 is 0 Å². The van der Waals surface area contributed by atoms with Gasteiger partial charge in [-0.3, -0.25) is 5.41 Å². The molecular formula is C49H40N4. The molecule has 2 aliphatic rings. The number of aromatic nitrogens is 1. The highest BCUT2D eigenvalue weighted by molar-refractivity contribution is 6.15. The van der Waals surface area contributed by atoms with E-state index in [0.29, 0.717) is 5.84 Å². The zero-order chi connectivity index (χ0) is 36.2. The topological polar surface area (TPSA) is 53.5 Å². The number of nitrogens with zero attached hydrogens (tertiary/aromatic N) is 3. The summed E-state index contributed by atoms with van der Waals surface area (Å²) in [6, 6.07) is 49.1. The van der Waals surface area contributed by atoms with E-state index in [1.807, 2.05) is 48.7 Å². The molecule has 1 heterocycles. The van der Waals surface area contributed by atoms with Gasteiger partial charge in [-0.1, -0.05) is 160 Å². The Balaban J connectivity index is 1.22. The van der Waals surface area contributed by atoms with E-state index in [4.69, 9.17) is 9.98 Å². The van der Waals surface area contributed by atoms with Crippen LogP contribution in [0, 0.1) is 10.8 Å². The molecule has 0 amide bonds. The van der Waals surface area contributed by atoms with E-state index in [1.165, 1.54) is 49.7 Å². The van der Waals surface area contributed by atoms with Crippen LogP contribution in [0.4, 0.5) is 0 Å². The Hall–Kier alpha value is -6.39. The molecule has 0 aliphatic heterocycles. The summed E-state index contributed by atoms with van der Waals surface area (Å²) in [5.41, 5.74) is 12.1. The average molecular weight is 685 g/mol. The Bertz CT molecular complexity index is 2690. The van der Waals surface area contributed by atoms with Gasteiger partial charge in [0.25, 0.3) is 0 Å². The maximum Gasteiger partial charge on any atom is 0.161 e. The van der Waals surface area contributed by atoms with E-state index in [2.05, 4.69) is 147 Å². The molecule has 53 heavy (non-hydrogen) atoms. The maximum absolute atomic E-state index is 9.33. The lowest BCUT2D eigenvalue weighted by Crippen LogP contribution is -2.17. The van der Waals surface area contributed by atoms with Crippen molar-refractivity contribution in [3.8, 4) is 27.9 Å². The van der Waals surface area contributed by atoms with Gasteiger partial charge in [-0.15, -0.1) is 0 Å². The number of allylic oxidation sites excluding steroid dienone is 4. The van der Waals surface area contributed by atoms with E-state index in [0.717, 1.165) is 28.8 Å². The van der Waals surface area contributed by atoms with Gasteiger partial charge in [-0.2, -0.15) is 0 Å². The Morgan fingerprint density at radius 2 is 1.43 bits per heavy atom. The number of rotatable bonds is 5. The van der Waals surface area contributed by atoms with E-state index >= 15 is 0 Å². The van der Waals surface area contributed by atoms with E-state index in [9.17, 15) is 5.41 Å². The van der Waals surface area contributed by atoms with Crippen LogP contribution in [-0.4, -0.2) is 22.5 Å². The van der Waals surface area contributed by atoms with Crippen LogP contribution in [0.5, 0.6) is 0 Å². The summed E-state index contributed by atoms with van der Waals surface area (Å²) in [7, 11) is 0. The molecule has 0 saturated carbocycles. The van der Waals surface area contributed by atoms with Crippen molar-refractivity contribution < 1.29 is 0 Å². The average Bonchev–Trinajstić information content (AvgIpc) is 3.65. The van der Waals surface area contributed by atoms with Gasteiger partial charge in [0, 0.05) is 44.6 Å². The Morgan fingerprint density at radius 3 is 2.23 bits per heavy atom. The third-order valence-corrected chi connectivity index (χ3v) is 10.9. The lowest BCUT2D eigenvalue weighted by atomic mass is 9.81. The van der Waals surface area contributed by atoms with Crippen LogP contribution < -0.4 is 0 Å². The lowest BCUT2D eigenvalue weighted by Gasteiger charge is -2.23. The standard InChI is InChI=1S/C49H40N4/c1-48(2)42-23-12-11-22-38(42)39-25-26-40-41-31-35(33-16-7-4-8-17-33)24-27-43(41)53(45(40)44(39)48)37-21-15-20-36(30-37)46(50)52-47(34-18-9-5-10-19-34)51-32-49(3)28-13-6-14-29-49/h4-28,30-32,50H,29H2,1-3H3/b50-46?,51-32+,52-47-. The van der Waals surface area contributed by atoms with E-state index in [1.54, 1.807) is 0 Å². The van der Waals surface area contributed by atoms with Crippen LogP contribution in [0.15, 0.2) is 174 Å². The molecule has 4 nitrogen and oxygen atoms in total. The quantitative estimate of drug-likeness (QED) is 0.139. The van der Waals surface area contributed by atoms with Gasteiger partial charge < -0.3 is 4.57 Å². The minimum atomic E-state index is -0.211. The van der Waals surface area contributed by atoms with E-state index in [-0.39, 0.29) is 16.7 Å². The number of hydrogen-bond acceptors (Lipinski definition) is 1. The van der Waals surface area contributed by atoms with Gasteiger partial charge in [-0.05, 0) is 64.1 Å². The first-order valence-electron chi connectivity index (χ1n) is 18.3. The number of nitrogens with one attached hydrogen (secondary N) is 1. The van der Waals surface area contributed by atoms with Crippen LogP contribution in [0.2, 0.25) is 0 Å². The van der Waals surface area contributed by atoms with Crippen molar-refractivity contribution in [2.75, 3.05) is 0 Å². The fraction of sp³-hybridized carbons (Fsp3) is 0.122. The monoisotopic (exact) mass is 684 g/mol. The van der Waals surface area contributed by atoms with Gasteiger partial charge in [-0.25, -0.2) is 9.98 Å². The first kappa shape index (κ1) is 32.5. The van der Waals surface area contributed by atoms with Crippen LogP contribution in [0.3, 0.4) is 0 Å². The summed E-state index contributed by atoms with van der Waals surface area (Å²) < 4.78 is 2.41. The molecule has 0 bridgehead atoms. The summed E-state index contributed by atoms with van der Waals surface area (Å²) in [6.07, 6.45) is 11.3. The fourth-order valence-electron chi connectivity index (χ4n) is 8.21. The molecule has 1 N–H and O–H groups in total. The second-order valence-corrected chi connectivity index (χ2v) is 14.9. The third kappa shape index (κ3) is 5.59. The normalized spacial score (nSPS) is 17.5. The minimum Gasteiger partial charge on any atom is -0.309 e. The molecule has 0 spiro atoms. The molecule has 0 fully saturated rings. The van der Waals surface area contributed by atoms with E-state index < -0.39 is 0 Å². The Morgan fingerprint density at radius 1 is 0.679 bits per heavy atom. The molecule has 0 radical (unpaired) electrons. The molecule has 1 aromatic heterocycles. The number of benzene rings is 6. The van der Waals surface area contributed by atoms with Crippen molar-refractivity contribution in [2.45, 2.75) is 32.6 Å². The van der Waals surface area contributed by atoms with Gasteiger partial charge in [0.2, 0.25) is 0 Å². The maximum atomic E-state index is 9.33. The summed E-state index contributed by atoms with van der Waals surface area (Å²) in [5.74, 6) is 0.685. The molecule has 1 unspecified atom stereocenters. The lowest BCUT2D eigenvalue weighted by molar-refractivity contribution is 0.617. The zero-order valence-electron chi connectivity index (χ0n) is 30.2. The van der Waals surface area contributed by atoms with Crippen molar-refractivity contribution >= 4 is 39.7 Å². The second kappa shape index (κ2) is 12.7. The minimum absolute atomic E-state index is 0.164. The van der Waals surface area contributed by atoms with Crippen molar-refractivity contribution in [2.24, 2.45) is 15.4 Å². The van der Waals surface area contributed by atoms with Gasteiger partial charge in [0.1, 0.15) is 0 Å². The second-order valence-electron chi connectivity index (χ2n) is 14.9. The number of hydrogen-bond donors (Lipinski definition) is 1. The van der Waals surface area contributed by atoms with Gasteiger partial charge in [0.05, 0.1) is 11.0 Å². The van der Waals surface area contributed by atoms with Crippen molar-refractivity contribution in [3.05, 3.63) is 186 Å². The van der Waals surface area contributed by atoms with Crippen molar-refractivity contribution in [1.29, 1.82) is 5.41 Å². The molecule has 9 rings (SSSR count). The van der Waals surface area contributed by atoms with Crippen LogP contribution in [0.25, 0.3) is 49.7 Å². The molecule has 4 heteroatoms. The summed E-state index contributed by atoms with van der Waals surface area (Å²) in [5, 5.41) is 11.8. The van der Waals surface area contributed by atoms with Crippen LogP contribution in [0.1, 0.15) is 49.4 Å². The molecule has 7 aromatic rings. The predicted octanol–water partition coefficient (Wildman–Crippen LogP) is 12.1. The third-order valence-electron chi connectivity index (χ3n) is 10.9. The fourth-order valence-corrected chi connectivity index (χ4v) is 8.21. The van der Waals surface area contributed by atoms with Crippen molar-refractivity contribution in [1.82, 2.24) is 4.57 Å². The highest BCUT2D eigenvalue weighted by Gasteiger charge is 2.38. The molecule has 1 atom stereocenters. The first-order valence-corrected chi connectivity index (χ1v) is 18.3. The number of aliphatic imine (C=N–C) groups is 2.